The molecule has 0 aliphatic rings. The minimum atomic E-state index is -0.377. The van der Waals surface area contributed by atoms with Crippen molar-refractivity contribution in [3.63, 3.8) is 0 Å². The molecule has 1 N–H and O–H groups in total. The Morgan fingerprint density at radius 3 is 2.61 bits per heavy atom. The standard InChI is InChI=1S/C24H20FN3O3/c1-16-27-22-8-3-2-7-21(22)24(30)28(16)19-11-9-17(10-12-19)23(29)26-13-14-31-20-6-4-5-18(25)15-20/h2-12,15H,13-14H2,1H3,(H,26,29). The molecule has 7 heteroatoms. The van der Waals surface area contributed by atoms with Crippen LogP contribution in [0.3, 0.4) is 0 Å². The number of ether oxygens (including phenoxy) is 1. The zero-order chi connectivity index (χ0) is 21.8. The molecule has 0 saturated carbocycles. The van der Waals surface area contributed by atoms with Crippen LogP contribution in [0.2, 0.25) is 0 Å². The third kappa shape index (κ3) is 4.45. The van der Waals surface area contributed by atoms with Crippen molar-refractivity contribution in [3.8, 4) is 11.4 Å². The topological polar surface area (TPSA) is 73.2 Å². The number of fused-ring (bicyclic) bond motifs is 1. The number of carbonyl (C=O) groups excluding carboxylic acids is 1. The normalized spacial score (nSPS) is 10.8. The lowest BCUT2D eigenvalue weighted by Crippen LogP contribution is -2.28. The van der Waals surface area contributed by atoms with Crippen LogP contribution in [-0.4, -0.2) is 28.6 Å². The maximum absolute atomic E-state index is 13.1. The maximum Gasteiger partial charge on any atom is 0.265 e. The van der Waals surface area contributed by atoms with Gasteiger partial charge in [0.05, 0.1) is 23.1 Å². The molecule has 1 aromatic heterocycles. The molecule has 0 aliphatic heterocycles. The molecule has 0 atom stereocenters. The number of amides is 1. The third-order valence-electron chi connectivity index (χ3n) is 4.78. The Labute approximate surface area is 177 Å². The summed E-state index contributed by atoms with van der Waals surface area (Å²) in [5, 5.41) is 3.29. The van der Waals surface area contributed by atoms with Gasteiger partial charge < -0.3 is 10.1 Å². The van der Waals surface area contributed by atoms with E-state index < -0.39 is 0 Å². The molecule has 31 heavy (non-hydrogen) atoms. The predicted molar refractivity (Wildman–Crippen MR) is 116 cm³/mol. The van der Waals surface area contributed by atoms with Crippen molar-refractivity contribution in [2.45, 2.75) is 6.92 Å². The highest BCUT2D eigenvalue weighted by molar-refractivity contribution is 5.94. The van der Waals surface area contributed by atoms with Gasteiger partial charge in [0, 0.05) is 11.6 Å². The van der Waals surface area contributed by atoms with E-state index in [-0.39, 0.29) is 30.4 Å². The van der Waals surface area contributed by atoms with Crippen molar-refractivity contribution < 1.29 is 13.9 Å². The summed E-state index contributed by atoms with van der Waals surface area (Å²) in [6, 6.07) is 19.7. The number of hydrogen-bond donors (Lipinski definition) is 1. The highest BCUT2D eigenvalue weighted by atomic mass is 19.1. The number of aromatic nitrogens is 2. The molecule has 3 aromatic carbocycles. The monoisotopic (exact) mass is 417 g/mol. The van der Waals surface area contributed by atoms with Gasteiger partial charge in [-0.2, -0.15) is 0 Å². The number of nitrogens with one attached hydrogen (secondary N) is 1. The van der Waals surface area contributed by atoms with E-state index in [1.165, 1.54) is 16.7 Å². The molecule has 0 bridgehead atoms. The molecule has 1 heterocycles. The Bertz CT molecular complexity index is 1300. The van der Waals surface area contributed by atoms with Gasteiger partial charge in [-0.3, -0.25) is 14.2 Å². The number of benzene rings is 3. The van der Waals surface area contributed by atoms with Crippen molar-refractivity contribution in [3.05, 3.63) is 100 Å². The van der Waals surface area contributed by atoms with Gasteiger partial charge in [0.15, 0.2) is 0 Å². The van der Waals surface area contributed by atoms with E-state index >= 15 is 0 Å². The second kappa shape index (κ2) is 8.79. The molecule has 4 rings (SSSR count). The van der Waals surface area contributed by atoms with Crippen molar-refractivity contribution in [1.29, 1.82) is 0 Å². The van der Waals surface area contributed by atoms with E-state index in [2.05, 4.69) is 10.3 Å². The van der Waals surface area contributed by atoms with Gasteiger partial charge in [0.1, 0.15) is 24.0 Å². The Morgan fingerprint density at radius 1 is 1.06 bits per heavy atom. The lowest BCUT2D eigenvalue weighted by atomic mass is 10.2. The van der Waals surface area contributed by atoms with Gasteiger partial charge >= 0.3 is 0 Å². The van der Waals surface area contributed by atoms with Crippen LogP contribution in [0.5, 0.6) is 5.75 Å². The Kier molecular flexibility index (Phi) is 5.75. The minimum Gasteiger partial charge on any atom is -0.492 e. The summed E-state index contributed by atoms with van der Waals surface area (Å²) in [4.78, 5) is 29.7. The number of aryl methyl sites for hydroxylation is 1. The van der Waals surface area contributed by atoms with E-state index in [1.807, 2.05) is 6.07 Å². The molecule has 6 nitrogen and oxygen atoms in total. The molecule has 0 aliphatic carbocycles. The first-order valence-electron chi connectivity index (χ1n) is 9.78. The Morgan fingerprint density at radius 2 is 1.84 bits per heavy atom. The van der Waals surface area contributed by atoms with E-state index in [0.717, 1.165) is 0 Å². The van der Waals surface area contributed by atoms with Crippen LogP contribution in [0.4, 0.5) is 4.39 Å². The first-order chi connectivity index (χ1) is 15.0. The zero-order valence-corrected chi connectivity index (χ0v) is 16.8. The molecule has 0 saturated heterocycles. The number of carbonyl (C=O) groups is 1. The smallest absolute Gasteiger partial charge is 0.265 e. The van der Waals surface area contributed by atoms with E-state index in [0.29, 0.717) is 33.7 Å². The van der Waals surface area contributed by atoms with Crippen molar-refractivity contribution in [2.24, 2.45) is 0 Å². The molecule has 0 spiro atoms. The Hall–Kier alpha value is -4.00. The minimum absolute atomic E-state index is 0.158. The molecule has 0 radical (unpaired) electrons. The van der Waals surface area contributed by atoms with Gasteiger partial charge in [-0.15, -0.1) is 0 Å². The van der Waals surface area contributed by atoms with Crippen LogP contribution in [0.15, 0.2) is 77.6 Å². The van der Waals surface area contributed by atoms with Crippen LogP contribution < -0.4 is 15.6 Å². The number of halogens is 1. The fraction of sp³-hybridized carbons (Fsp3) is 0.125. The van der Waals surface area contributed by atoms with Crippen molar-refractivity contribution in [1.82, 2.24) is 14.9 Å². The average molecular weight is 417 g/mol. The zero-order valence-electron chi connectivity index (χ0n) is 16.8. The first kappa shape index (κ1) is 20.3. The quantitative estimate of drug-likeness (QED) is 0.486. The molecule has 0 unspecified atom stereocenters. The average Bonchev–Trinajstić information content (AvgIpc) is 2.77. The lowest BCUT2D eigenvalue weighted by Gasteiger charge is -2.12. The summed E-state index contributed by atoms with van der Waals surface area (Å²) in [5.74, 6) is 0.325. The van der Waals surface area contributed by atoms with Gasteiger partial charge in [0.25, 0.3) is 11.5 Å². The largest absolute Gasteiger partial charge is 0.492 e. The van der Waals surface area contributed by atoms with Gasteiger partial charge in [0.2, 0.25) is 0 Å². The summed E-state index contributed by atoms with van der Waals surface area (Å²) in [5.41, 5.74) is 1.58. The van der Waals surface area contributed by atoms with Crippen LogP contribution in [0.1, 0.15) is 16.2 Å². The van der Waals surface area contributed by atoms with Crippen LogP contribution in [0.25, 0.3) is 16.6 Å². The van der Waals surface area contributed by atoms with Crippen LogP contribution in [-0.2, 0) is 0 Å². The number of para-hydroxylation sites is 1. The maximum atomic E-state index is 13.1. The van der Waals surface area contributed by atoms with E-state index in [1.54, 1.807) is 61.5 Å². The molecule has 156 valence electrons. The van der Waals surface area contributed by atoms with Gasteiger partial charge in [-0.1, -0.05) is 18.2 Å². The first-order valence-corrected chi connectivity index (χ1v) is 9.78. The van der Waals surface area contributed by atoms with Crippen LogP contribution >= 0.6 is 0 Å². The second-order valence-corrected chi connectivity index (χ2v) is 6.93. The molecule has 0 fully saturated rings. The SMILES string of the molecule is Cc1nc2ccccc2c(=O)n1-c1ccc(C(=O)NCCOc2cccc(F)c2)cc1. The predicted octanol–water partition coefficient (Wildman–Crippen LogP) is 3.64. The van der Waals surface area contributed by atoms with Crippen molar-refractivity contribution >= 4 is 16.8 Å². The van der Waals surface area contributed by atoms with E-state index in [4.69, 9.17) is 4.74 Å². The van der Waals surface area contributed by atoms with Crippen molar-refractivity contribution in [2.75, 3.05) is 13.2 Å². The third-order valence-corrected chi connectivity index (χ3v) is 4.78. The van der Waals surface area contributed by atoms with Crippen LogP contribution in [0, 0.1) is 12.7 Å². The summed E-state index contributed by atoms with van der Waals surface area (Å²) >= 11 is 0. The highest BCUT2D eigenvalue weighted by Gasteiger charge is 2.11. The lowest BCUT2D eigenvalue weighted by molar-refractivity contribution is 0.0947. The van der Waals surface area contributed by atoms with Gasteiger partial charge in [-0.05, 0) is 55.5 Å². The molecular formula is C24H20FN3O3. The summed E-state index contributed by atoms with van der Waals surface area (Å²) in [6.45, 7) is 2.25. The number of rotatable bonds is 6. The summed E-state index contributed by atoms with van der Waals surface area (Å²) in [6.07, 6.45) is 0. The van der Waals surface area contributed by atoms with E-state index in [9.17, 15) is 14.0 Å². The molecule has 4 aromatic rings. The fourth-order valence-corrected chi connectivity index (χ4v) is 3.30. The molecular weight excluding hydrogens is 397 g/mol. The molecule has 1 amide bonds. The van der Waals surface area contributed by atoms with Gasteiger partial charge in [-0.25, -0.2) is 9.37 Å². The second-order valence-electron chi connectivity index (χ2n) is 6.93. The Balaban J connectivity index is 1.43. The highest BCUT2D eigenvalue weighted by Crippen LogP contribution is 2.14. The summed E-state index contributed by atoms with van der Waals surface area (Å²) < 4.78 is 20.1. The summed E-state index contributed by atoms with van der Waals surface area (Å²) in [7, 11) is 0. The number of nitrogens with zero attached hydrogens (tertiary/aromatic N) is 2. The number of hydrogen-bond acceptors (Lipinski definition) is 4. The fourth-order valence-electron chi connectivity index (χ4n) is 3.30.